The summed E-state index contributed by atoms with van der Waals surface area (Å²) in [4.78, 5) is 4.44. The third-order valence-electron chi connectivity index (χ3n) is 2.64. The van der Waals surface area contributed by atoms with Crippen LogP contribution in [0.5, 0.6) is 0 Å². The molecule has 0 atom stereocenters. The van der Waals surface area contributed by atoms with Crippen LogP contribution in [0.1, 0.15) is 6.92 Å². The first kappa shape index (κ1) is 10.8. The zero-order chi connectivity index (χ0) is 10.4. The fourth-order valence-corrected chi connectivity index (χ4v) is 1.99. The molecule has 0 aromatic heterocycles. The van der Waals surface area contributed by atoms with Crippen LogP contribution in [0.15, 0.2) is 35.3 Å². The maximum absolute atomic E-state index is 5.93. The summed E-state index contributed by atoms with van der Waals surface area (Å²) in [6, 6.07) is 10.1. The van der Waals surface area contributed by atoms with E-state index in [1.807, 2.05) is 31.2 Å². The molecular formula is C12H12ClN3. The first-order valence-corrected chi connectivity index (χ1v) is 4.89. The van der Waals surface area contributed by atoms with E-state index in [0.717, 1.165) is 28.3 Å². The van der Waals surface area contributed by atoms with E-state index in [9.17, 15) is 0 Å². The molecule has 0 amide bonds. The summed E-state index contributed by atoms with van der Waals surface area (Å²) < 4.78 is 0. The topological polar surface area (TPSA) is 50.4 Å². The number of nitrogens with two attached hydrogens (primary N) is 1. The third-order valence-corrected chi connectivity index (χ3v) is 2.64. The lowest BCUT2D eigenvalue weighted by atomic mass is 10.0. The average molecular weight is 234 g/mol. The van der Waals surface area contributed by atoms with Crippen LogP contribution in [0, 0.1) is 0 Å². The predicted octanol–water partition coefficient (Wildman–Crippen LogP) is 3.32. The number of amidine groups is 1. The molecule has 0 bridgehead atoms. The van der Waals surface area contributed by atoms with Gasteiger partial charge in [-0.05, 0) is 24.4 Å². The number of rotatable bonds is 0. The van der Waals surface area contributed by atoms with Crippen LogP contribution in [0.3, 0.4) is 0 Å². The Morgan fingerprint density at radius 2 is 2.00 bits per heavy atom. The van der Waals surface area contributed by atoms with Gasteiger partial charge >= 0.3 is 0 Å². The fourth-order valence-electron chi connectivity index (χ4n) is 1.99. The fraction of sp³-hybridized carbons (Fsp3) is 0.0833. The molecule has 82 valence electrons. The molecule has 1 heterocycles. The van der Waals surface area contributed by atoms with Crippen molar-refractivity contribution in [1.29, 1.82) is 0 Å². The number of hydrogen-bond acceptors (Lipinski definition) is 3. The van der Waals surface area contributed by atoms with Crippen molar-refractivity contribution in [3.8, 4) is 0 Å². The number of halogens is 1. The Balaban J connectivity index is 0.000000963. The quantitative estimate of drug-likeness (QED) is 0.686. The predicted molar refractivity (Wildman–Crippen MR) is 72.0 cm³/mol. The smallest absolute Gasteiger partial charge is 0.104 e. The molecule has 2 aromatic carbocycles. The second kappa shape index (κ2) is 3.68. The van der Waals surface area contributed by atoms with Gasteiger partial charge in [-0.2, -0.15) is 0 Å². The molecule has 1 aliphatic rings. The molecule has 3 N–H and O–H groups in total. The van der Waals surface area contributed by atoms with E-state index in [4.69, 9.17) is 5.73 Å². The van der Waals surface area contributed by atoms with Crippen LogP contribution in [-0.4, -0.2) is 5.84 Å². The molecule has 0 saturated heterocycles. The highest BCUT2D eigenvalue weighted by Crippen LogP contribution is 2.39. The Hall–Kier alpha value is -1.74. The van der Waals surface area contributed by atoms with Gasteiger partial charge in [-0.1, -0.05) is 18.2 Å². The van der Waals surface area contributed by atoms with Gasteiger partial charge in [-0.25, -0.2) is 4.99 Å². The molecule has 3 nitrogen and oxygen atoms in total. The summed E-state index contributed by atoms with van der Waals surface area (Å²) in [6.07, 6.45) is 0. The van der Waals surface area contributed by atoms with E-state index in [1.165, 1.54) is 5.39 Å². The molecular weight excluding hydrogens is 222 g/mol. The van der Waals surface area contributed by atoms with Crippen molar-refractivity contribution in [2.24, 2.45) is 4.99 Å². The molecule has 0 saturated carbocycles. The van der Waals surface area contributed by atoms with E-state index in [-0.39, 0.29) is 12.4 Å². The Labute approximate surface area is 99.8 Å². The van der Waals surface area contributed by atoms with E-state index in [2.05, 4.69) is 16.4 Å². The molecule has 4 heteroatoms. The Morgan fingerprint density at radius 1 is 1.19 bits per heavy atom. The van der Waals surface area contributed by atoms with Crippen LogP contribution in [0.4, 0.5) is 17.1 Å². The number of hydrogen-bond donors (Lipinski definition) is 2. The van der Waals surface area contributed by atoms with Crippen molar-refractivity contribution in [3.63, 3.8) is 0 Å². The number of nitrogen functional groups attached to an aromatic ring is 1. The Bertz CT molecular complexity index is 590. The van der Waals surface area contributed by atoms with Crippen molar-refractivity contribution in [3.05, 3.63) is 30.3 Å². The zero-order valence-corrected chi connectivity index (χ0v) is 9.64. The maximum atomic E-state index is 5.93. The molecule has 0 aliphatic carbocycles. The van der Waals surface area contributed by atoms with Crippen LogP contribution in [0.25, 0.3) is 10.8 Å². The third kappa shape index (κ3) is 1.41. The lowest BCUT2D eigenvalue weighted by molar-refractivity contribution is 1.46. The van der Waals surface area contributed by atoms with Crippen molar-refractivity contribution >= 4 is 46.1 Å². The van der Waals surface area contributed by atoms with Crippen molar-refractivity contribution < 1.29 is 0 Å². The van der Waals surface area contributed by atoms with Gasteiger partial charge in [0.05, 0.1) is 11.4 Å². The minimum atomic E-state index is 0. The molecule has 0 fully saturated rings. The van der Waals surface area contributed by atoms with Gasteiger partial charge < -0.3 is 11.1 Å². The lowest BCUT2D eigenvalue weighted by Gasteiger charge is -2.17. The lowest BCUT2D eigenvalue weighted by Crippen LogP contribution is -2.10. The number of nitrogens with one attached hydrogen (secondary N) is 1. The molecule has 0 radical (unpaired) electrons. The van der Waals surface area contributed by atoms with Crippen molar-refractivity contribution in [2.45, 2.75) is 6.92 Å². The summed E-state index contributed by atoms with van der Waals surface area (Å²) in [6.45, 7) is 1.94. The van der Waals surface area contributed by atoms with Gasteiger partial charge in [-0.15, -0.1) is 12.4 Å². The van der Waals surface area contributed by atoms with Crippen molar-refractivity contribution in [1.82, 2.24) is 0 Å². The number of aliphatic imine (C=N–C) groups is 1. The Morgan fingerprint density at radius 3 is 2.81 bits per heavy atom. The van der Waals surface area contributed by atoms with Gasteiger partial charge in [-0.3, -0.25) is 0 Å². The molecule has 1 aliphatic heterocycles. The van der Waals surface area contributed by atoms with E-state index >= 15 is 0 Å². The SMILES string of the molecule is CC1=Nc2c(N)ccc3cccc(c23)N1.Cl. The highest BCUT2D eigenvalue weighted by molar-refractivity contribution is 6.15. The van der Waals surface area contributed by atoms with Gasteiger partial charge in [0.2, 0.25) is 0 Å². The Kier molecular flexibility index (Phi) is 2.48. The van der Waals surface area contributed by atoms with E-state index in [0.29, 0.717) is 0 Å². The summed E-state index contributed by atoms with van der Waals surface area (Å²) in [5, 5.41) is 5.53. The van der Waals surface area contributed by atoms with Crippen molar-refractivity contribution in [2.75, 3.05) is 11.1 Å². The number of nitrogens with zero attached hydrogens (tertiary/aromatic N) is 1. The maximum Gasteiger partial charge on any atom is 0.104 e. The first-order valence-electron chi connectivity index (χ1n) is 4.89. The minimum Gasteiger partial charge on any atom is -0.397 e. The summed E-state index contributed by atoms with van der Waals surface area (Å²) in [7, 11) is 0. The molecule has 2 aromatic rings. The van der Waals surface area contributed by atoms with E-state index < -0.39 is 0 Å². The van der Waals surface area contributed by atoms with Gasteiger partial charge in [0.1, 0.15) is 5.84 Å². The first-order chi connectivity index (χ1) is 7.25. The average Bonchev–Trinajstić information content (AvgIpc) is 2.23. The molecule has 0 unspecified atom stereocenters. The largest absolute Gasteiger partial charge is 0.397 e. The van der Waals surface area contributed by atoms with Crippen LogP contribution < -0.4 is 11.1 Å². The molecule has 3 rings (SSSR count). The second-order valence-electron chi connectivity index (χ2n) is 3.73. The molecule has 0 spiro atoms. The number of benzene rings is 2. The second-order valence-corrected chi connectivity index (χ2v) is 3.73. The monoisotopic (exact) mass is 233 g/mol. The normalized spacial score (nSPS) is 12.7. The van der Waals surface area contributed by atoms with Crippen LogP contribution >= 0.6 is 12.4 Å². The van der Waals surface area contributed by atoms with Gasteiger partial charge in [0.15, 0.2) is 0 Å². The highest BCUT2D eigenvalue weighted by Gasteiger charge is 2.13. The van der Waals surface area contributed by atoms with Gasteiger partial charge in [0.25, 0.3) is 0 Å². The highest BCUT2D eigenvalue weighted by atomic mass is 35.5. The van der Waals surface area contributed by atoms with E-state index in [1.54, 1.807) is 0 Å². The van der Waals surface area contributed by atoms with Gasteiger partial charge in [0, 0.05) is 11.1 Å². The minimum absolute atomic E-state index is 0. The number of anilines is 2. The zero-order valence-electron chi connectivity index (χ0n) is 8.82. The summed E-state index contributed by atoms with van der Waals surface area (Å²) in [5.41, 5.74) is 8.63. The van der Waals surface area contributed by atoms with Crippen LogP contribution in [-0.2, 0) is 0 Å². The van der Waals surface area contributed by atoms with Crippen LogP contribution in [0.2, 0.25) is 0 Å². The molecule has 16 heavy (non-hydrogen) atoms. The summed E-state index contributed by atoms with van der Waals surface area (Å²) >= 11 is 0. The summed E-state index contributed by atoms with van der Waals surface area (Å²) in [5.74, 6) is 0.882. The standard InChI is InChI=1S/C12H11N3.ClH/c1-7-14-10-4-2-3-8-5-6-9(13)12(15-7)11(8)10;/h2-6H,13H2,1H3,(H,14,15);1H.